The van der Waals surface area contributed by atoms with Gasteiger partial charge in [0.05, 0.1) is 45.4 Å². The Morgan fingerprint density at radius 1 is 0.511 bits per heavy atom. The molecule has 0 radical (unpaired) electrons. The Bertz CT molecular complexity index is 4260. The van der Waals surface area contributed by atoms with Crippen LogP contribution in [0.2, 0.25) is 0 Å². The predicted octanol–water partition coefficient (Wildman–Crippen LogP) is 11.4. The number of rotatable bonds is 16. The molecule has 0 unspecified atom stereocenters. The Kier molecular flexibility index (Phi) is 18.6. The van der Waals surface area contributed by atoms with E-state index in [2.05, 4.69) is 5.32 Å². The second kappa shape index (κ2) is 26.6. The molecule has 2 aromatic heterocycles. The van der Waals surface area contributed by atoms with Gasteiger partial charge in [-0.1, -0.05) is 182 Å². The molecule has 1 amide bonds. The number of nitro benzene ring substituents is 2. The zero-order valence-electron chi connectivity index (χ0n) is 47.3. The van der Waals surface area contributed by atoms with Crippen LogP contribution in [0.25, 0.3) is 44.3 Å². The maximum atomic E-state index is 15.1. The number of carbonyl (C=O) groups excluding carboxylic acids is 1. The standard InChI is InChI=1S/C35H25FN4O4.C34H27FN4O3.K.H2O/c36-30-18-16-24(22-32(30)38-20-21-44-34(38)41)33-29-23-28(40(42)43)17-19-31(29)39(37-33)35(25-10-4-1-5-11-25,26-12-6-2-7-13-26)27-14-8-3-9-15-27;35-30-18-16-24(22-31(30)36-20-21-40)33-29-23-28(39(41)42)17-19-32(29)38(37-33)34(25-10-4-1-5-11-25,26-12-6-2-7-13-26)27-14-8-3-9-15-27;;/h1-19,22-23H,20-21H2;1-19,22-23,36,40H,20-21H2;;1H2/q;;+1;/p-1. The molecule has 10 aromatic carbocycles. The van der Waals surface area contributed by atoms with Gasteiger partial charge in [0, 0.05) is 52.7 Å². The monoisotopic (exact) mass is 1200 g/mol. The first kappa shape index (κ1) is 61.5. The first-order chi connectivity index (χ1) is 42.0. The number of aromatic nitrogens is 4. The largest absolute Gasteiger partial charge is 1.00 e. The second-order valence-corrected chi connectivity index (χ2v) is 20.3. The third kappa shape index (κ3) is 11.3. The molecule has 16 nitrogen and oxygen atoms in total. The minimum atomic E-state index is -1.00. The van der Waals surface area contributed by atoms with E-state index in [1.54, 1.807) is 36.4 Å². The molecule has 3 heterocycles. The molecule has 0 spiro atoms. The SMILES string of the molecule is O=C1OCCN1c1cc(-c2nn(C(c3ccccc3)(c3ccccc3)c3ccccc3)c3ccc([N+](=O)[O-])cc23)ccc1F.O=[N+]([O-])c1ccc2c(c1)c(-c1ccc(F)c(NCCO)c1)nn2C(c1ccccc1)(c1ccccc1)c1ccccc1.[K+].[OH-]. The fourth-order valence-electron chi connectivity index (χ4n) is 11.7. The maximum Gasteiger partial charge on any atom is 1.00 e. The van der Waals surface area contributed by atoms with Crippen LogP contribution in [0.5, 0.6) is 0 Å². The van der Waals surface area contributed by atoms with Gasteiger partial charge in [-0.05, 0) is 81.9 Å². The smallest absolute Gasteiger partial charge is 0.870 e. The number of nitrogens with zero attached hydrogens (tertiary/aromatic N) is 7. The average Bonchev–Trinajstić information content (AvgIpc) is 1.47. The molecular formula is C69H53F2KN8O8. The van der Waals surface area contributed by atoms with E-state index < -0.39 is 38.7 Å². The van der Waals surface area contributed by atoms with E-state index in [-0.39, 0.29) is 106 Å². The summed E-state index contributed by atoms with van der Waals surface area (Å²) in [6.07, 6.45) is -0.636. The number of hydrogen-bond acceptors (Lipinski definition) is 11. The molecule has 1 fully saturated rings. The average molecular weight is 1200 g/mol. The number of ether oxygens (including phenoxy) is 1. The molecule has 1 aliphatic heterocycles. The number of halogens is 2. The number of non-ortho nitro benzene ring substituents is 2. The Morgan fingerprint density at radius 3 is 1.22 bits per heavy atom. The fourth-order valence-corrected chi connectivity index (χ4v) is 11.7. The second-order valence-electron chi connectivity index (χ2n) is 20.3. The summed E-state index contributed by atoms with van der Waals surface area (Å²) >= 11 is 0. The van der Waals surface area contributed by atoms with Crippen molar-refractivity contribution in [1.29, 1.82) is 0 Å². The van der Waals surface area contributed by atoms with E-state index in [4.69, 9.17) is 14.9 Å². The van der Waals surface area contributed by atoms with Gasteiger partial charge in [0.1, 0.15) is 40.7 Å². The van der Waals surface area contributed by atoms with Gasteiger partial charge in [0.15, 0.2) is 0 Å². The first-order valence-electron chi connectivity index (χ1n) is 27.6. The van der Waals surface area contributed by atoms with Gasteiger partial charge in [-0.25, -0.2) is 22.9 Å². The Labute approximate surface area is 545 Å². The molecule has 1 aliphatic rings. The molecule has 3 N–H and O–H groups in total. The van der Waals surface area contributed by atoms with Crippen molar-refractivity contribution in [2.24, 2.45) is 0 Å². The summed E-state index contributed by atoms with van der Waals surface area (Å²) in [5.74, 6) is -1.07. The normalized spacial score (nSPS) is 12.1. The van der Waals surface area contributed by atoms with Crippen LogP contribution >= 0.6 is 0 Å². The molecule has 0 saturated carbocycles. The predicted molar refractivity (Wildman–Crippen MR) is 329 cm³/mol. The fraction of sp³-hybridized carbons (Fsp3) is 0.0870. The summed E-state index contributed by atoms with van der Waals surface area (Å²) in [6, 6.07) is 78.2. The van der Waals surface area contributed by atoms with Gasteiger partial charge in [0.2, 0.25) is 0 Å². The molecule has 13 rings (SSSR count). The molecule has 19 heteroatoms. The number of aliphatic hydroxyl groups is 1. The topological polar surface area (TPSA) is 214 Å². The van der Waals surface area contributed by atoms with E-state index >= 15 is 4.39 Å². The van der Waals surface area contributed by atoms with Gasteiger partial charge in [-0.15, -0.1) is 0 Å². The summed E-state index contributed by atoms with van der Waals surface area (Å²) in [5.41, 5.74) is 6.96. The Balaban J connectivity index is 0.000000190. The van der Waals surface area contributed by atoms with Gasteiger partial charge < -0.3 is 20.6 Å². The van der Waals surface area contributed by atoms with E-state index in [1.165, 1.54) is 41.3 Å². The van der Waals surface area contributed by atoms with E-state index in [9.17, 15) is 34.5 Å². The van der Waals surface area contributed by atoms with Crippen LogP contribution < -0.4 is 61.6 Å². The maximum absolute atomic E-state index is 15.1. The summed E-state index contributed by atoms with van der Waals surface area (Å²) < 4.78 is 38.7. The number of anilines is 2. The van der Waals surface area contributed by atoms with Gasteiger partial charge in [0.25, 0.3) is 11.4 Å². The van der Waals surface area contributed by atoms with Crippen LogP contribution in [0.15, 0.2) is 255 Å². The van der Waals surface area contributed by atoms with Crippen molar-refractivity contribution >= 4 is 50.6 Å². The van der Waals surface area contributed by atoms with E-state index in [0.29, 0.717) is 44.3 Å². The Hall–Kier alpha value is -9.57. The Morgan fingerprint density at radius 2 is 0.875 bits per heavy atom. The van der Waals surface area contributed by atoms with Crippen molar-refractivity contribution in [3.63, 3.8) is 0 Å². The number of fused-ring (bicyclic) bond motifs is 2. The minimum absolute atomic E-state index is 0. The molecule has 0 aliphatic carbocycles. The molecule has 0 atom stereocenters. The van der Waals surface area contributed by atoms with Crippen LogP contribution in [-0.2, 0) is 15.8 Å². The molecule has 432 valence electrons. The molecule has 12 aromatic rings. The molecule has 1 saturated heterocycles. The van der Waals surface area contributed by atoms with Crippen molar-refractivity contribution < 1.29 is 90.1 Å². The number of nitro groups is 2. The van der Waals surface area contributed by atoms with Crippen LogP contribution in [-0.4, -0.2) is 72.4 Å². The number of carbonyl (C=O) groups is 1. The van der Waals surface area contributed by atoms with Crippen LogP contribution in [0, 0.1) is 31.9 Å². The van der Waals surface area contributed by atoms with Crippen molar-refractivity contribution in [3.8, 4) is 22.5 Å². The third-order valence-corrected chi connectivity index (χ3v) is 15.5. The van der Waals surface area contributed by atoms with E-state index in [0.717, 1.165) is 33.4 Å². The van der Waals surface area contributed by atoms with Crippen molar-refractivity contribution in [1.82, 2.24) is 19.6 Å². The van der Waals surface area contributed by atoms with Crippen molar-refractivity contribution in [2.75, 3.05) is 36.5 Å². The van der Waals surface area contributed by atoms with Gasteiger partial charge in [-0.2, -0.15) is 10.2 Å². The third-order valence-electron chi connectivity index (χ3n) is 15.5. The first-order valence-corrected chi connectivity index (χ1v) is 27.6. The van der Waals surface area contributed by atoms with Crippen LogP contribution in [0.1, 0.15) is 33.4 Å². The van der Waals surface area contributed by atoms with Gasteiger partial charge in [-0.3, -0.25) is 25.1 Å². The zero-order chi connectivity index (χ0) is 59.4. The van der Waals surface area contributed by atoms with Crippen molar-refractivity contribution in [2.45, 2.75) is 11.1 Å². The van der Waals surface area contributed by atoms with Crippen LogP contribution in [0.3, 0.4) is 0 Å². The number of nitrogens with one attached hydrogen (secondary N) is 1. The molecule has 88 heavy (non-hydrogen) atoms. The quantitative estimate of drug-likeness (QED) is 0.0402. The van der Waals surface area contributed by atoms with E-state index in [1.807, 2.05) is 191 Å². The number of benzene rings is 10. The number of aliphatic hydroxyl groups excluding tert-OH is 1. The summed E-state index contributed by atoms with van der Waals surface area (Å²) in [7, 11) is 0. The van der Waals surface area contributed by atoms with Gasteiger partial charge >= 0.3 is 57.5 Å². The minimum Gasteiger partial charge on any atom is -0.870 e. The number of hydrogen-bond donors (Lipinski definition) is 2. The van der Waals surface area contributed by atoms with Crippen molar-refractivity contribution in [3.05, 3.63) is 320 Å². The summed E-state index contributed by atoms with van der Waals surface area (Å²) in [4.78, 5) is 36.5. The summed E-state index contributed by atoms with van der Waals surface area (Å²) in [5, 5.41) is 47.5. The number of amides is 1. The molecule has 0 bridgehead atoms. The molecular weight excluding hydrogens is 1150 g/mol. The number of cyclic esters (lactones) is 1. The van der Waals surface area contributed by atoms with Crippen LogP contribution in [0.4, 0.5) is 36.3 Å². The summed E-state index contributed by atoms with van der Waals surface area (Å²) in [6.45, 7) is 0.361. The zero-order valence-corrected chi connectivity index (χ0v) is 50.4.